The number of para-hydroxylation sites is 2. The third-order valence-electron chi connectivity index (χ3n) is 3.90. The van der Waals surface area contributed by atoms with Crippen molar-refractivity contribution >= 4 is 0 Å². The molecule has 0 amide bonds. The molecule has 2 aliphatic rings. The van der Waals surface area contributed by atoms with Crippen molar-refractivity contribution in [2.45, 2.75) is 38.3 Å². The van der Waals surface area contributed by atoms with Gasteiger partial charge in [0.05, 0.1) is 0 Å². The van der Waals surface area contributed by atoms with E-state index in [1.807, 2.05) is 24.3 Å². The van der Waals surface area contributed by atoms with Crippen LogP contribution in [0.25, 0.3) is 0 Å². The number of rotatable bonds is 3. The summed E-state index contributed by atoms with van der Waals surface area (Å²) in [5, 5.41) is 3.61. The van der Waals surface area contributed by atoms with Crippen LogP contribution in [0.5, 0.6) is 11.5 Å². The topological polar surface area (TPSA) is 30.5 Å². The van der Waals surface area contributed by atoms with E-state index in [4.69, 9.17) is 9.47 Å². The molecule has 1 aliphatic carbocycles. The molecular weight excluding hydrogens is 226 g/mol. The zero-order valence-corrected chi connectivity index (χ0v) is 10.9. The highest BCUT2D eigenvalue weighted by atomic mass is 16.6. The summed E-state index contributed by atoms with van der Waals surface area (Å²) in [4.78, 5) is 0. The van der Waals surface area contributed by atoms with Crippen molar-refractivity contribution in [1.82, 2.24) is 5.32 Å². The van der Waals surface area contributed by atoms with Crippen molar-refractivity contribution in [3.05, 3.63) is 24.3 Å². The third-order valence-corrected chi connectivity index (χ3v) is 3.90. The zero-order chi connectivity index (χ0) is 12.4. The van der Waals surface area contributed by atoms with Gasteiger partial charge in [-0.3, -0.25) is 0 Å². The van der Waals surface area contributed by atoms with Crippen LogP contribution in [0.1, 0.15) is 26.2 Å². The molecule has 0 radical (unpaired) electrons. The molecule has 0 aromatic heterocycles. The molecule has 3 atom stereocenters. The maximum absolute atomic E-state index is 5.93. The smallest absolute Gasteiger partial charge is 0.161 e. The standard InChI is InChI=1S/C15H21NO2/c1-11-6-7-12(8-11)16-9-13-10-17-14-4-2-3-5-15(14)18-13/h2-5,11-13,16H,6-10H2,1H3. The highest BCUT2D eigenvalue weighted by Crippen LogP contribution is 2.31. The minimum absolute atomic E-state index is 0.135. The fourth-order valence-electron chi connectivity index (χ4n) is 2.85. The summed E-state index contributed by atoms with van der Waals surface area (Å²) < 4.78 is 11.6. The van der Waals surface area contributed by atoms with Gasteiger partial charge in [-0.05, 0) is 37.3 Å². The van der Waals surface area contributed by atoms with Crippen LogP contribution in [0.15, 0.2) is 24.3 Å². The lowest BCUT2D eigenvalue weighted by molar-refractivity contribution is 0.0882. The van der Waals surface area contributed by atoms with Crippen molar-refractivity contribution in [2.24, 2.45) is 5.92 Å². The van der Waals surface area contributed by atoms with Gasteiger partial charge in [0.25, 0.3) is 0 Å². The molecule has 1 aromatic rings. The molecule has 1 aliphatic heterocycles. The van der Waals surface area contributed by atoms with E-state index in [1.54, 1.807) is 0 Å². The van der Waals surface area contributed by atoms with Gasteiger partial charge in [0, 0.05) is 12.6 Å². The number of ether oxygens (including phenoxy) is 2. The lowest BCUT2D eigenvalue weighted by Crippen LogP contribution is -2.41. The zero-order valence-electron chi connectivity index (χ0n) is 10.9. The van der Waals surface area contributed by atoms with Crippen LogP contribution in [0, 0.1) is 5.92 Å². The molecule has 0 spiro atoms. The normalized spacial score (nSPS) is 30.4. The van der Waals surface area contributed by atoms with Crippen molar-refractivity contribution in [3.63, 3.8) is 0 Å². The molecule has 1 heterocycles. The van der Waals surface area contributed by atoms with Crippen molar-refractivity contribution in [2.75, 3.05) is 13.2 Å². The van der Waals surface area contributed by atoms with Crippen LogP contribution in [0.3, 0.4) is 0 Å². The van der Waals surface area contributed by atoms with Crippen LogP contribution < -0.4 is 14.8 Å². The highest BCUT2D eigenvalue weighted by molar-refractivity contribution is 5.40. The first-order valence-electron chi connectivity index (χ1n) is 6.93. The summed E-state index contributed by atoms with van der Waals surface area (Å²) >= 11 is 0. The van der Waals surface area contributed by atoms with Crippen LogP contribution in [0.2, 0.25) is 0 Å². The predicted molar refractivity (Wildman–Crippen MR) is 71.2 cm³/mol. The van der Waals surface area contributed by atoms with Gasteiger partial charge in [0.15, 0.2) is 11.5 Å². The van der Waals surface area contributed by atoms with Gasteiger partial charge in [-0.1, -0.05) is 19.1 Å². The fourth-order valence-corrected chi connectivity index (χ4v) is 2.85. The number of benzene rings is 1. The first-order chi connectivity index (χ1) is 8.81. The Bertz CT molecular complexity index is 407. The average molecular weight is 247 g/mol. The van der Waals surface area contributed by atoms with E-state index in [0.717, 1.165) is 24.0 Å². The molecular formula is C15H21NO2. The summed E-state index contributed by atoms with van der Waals surface area (Å²) in [5.41, 5.74) is 0. The van der Waals surface area contributed by atoms with Gasteiger partial charge in [-0.2, -0.15) is 0 Å². The average Bonchev–Trinajstić information content (AvgIpc) is 2.82. The van der Waals surface area contributed by atoms with Crippen molar-refractivity contribution in [1.29, 1.82) is 0 Å². The Morgan fingerprint density at radius 1 is 1.22 bits per heavy atom. The molecule has 18 heavy (non-hydrogen) atoms. The van der Waals surface area contributed by atoms with E-state index in [1.165, 1.54) is 19.3 Å². The van der Waals surface area contributed by atoms with Gasteiger partial charge >= 0.3 is 0 Å². The second-order valence-corrected chi connectivity index (χ2v) is 5.52. The molecule has 3 nitrogen and oxygen atoms in total. The summed E-state index contributed by atoms with van der Waals surface area (Å²) in [6, 6.07) is 8.55. The largest absolute Gasteiger partial charge is 0.486 e. The van der Waals surface area contributed by atoms with Gasteiger partial charge in [0.1, 0.15) is 12.7 Å². The summed E-state index contributed by atoms with van der Waals surface area (Å²) in [6.07, 6.45) is 4.08. The molecule has 98 valence electrons. The highest BCUT2D eigenvalue weighted by Gasteiger charge is 2.24. The summed E-state index contributed by atoms with van der Waals surface area (Å²) in [7, 11) is 0. The Hall–Kier alpha value is -1.22. The molecule has 1 N–H and O–H groups in total. The molecule has 3 unspecified atom stereocenters. The minimum Gasteiger partial charge on any atom is -0.486 e. The van der Waals surface area contributed by atoms with E-state index in [9.17, 15) is 0 Å². The molecule has 0 saturated heterocycles. The van der Waals surface area contributed by atoms with Crippen LogP contribution in [-0.2, 0) is 0 Å². The van der Waals surface area contributed by atoms with E-state index in [-0.39, 0.29) is 6.10 Å². The minimum atomic E-state index is 0.135. The molecule has 1 aromatic carbocycles. The molecule has 3 heteroatoms. The summed E-state index contributed by atoms with van der Waals surface area (Å²) in [5.74, 6) is 2.60. The summed E-state index contributed by atoms with van der Waals surface area (Å²) in [6.45, 7) is 3.86. The lowest BCUT2D eigenvalue weighted by atomic mass is 10.1. The van der Waals surface area contributed by atoms with Crippen LogP contribution in [-0.4, -0.2) is 25.3 Å². The quantitative estimate of drug-likeness (QED) is 0.890. The Kier molecular flexibility index (Phi) is 3.41. The SMILES string of the molecule is CC1CCC(NCC2COc3ccccc3O2)C1. The van der Waals surface area contributed by atoms with Gasteiger partial charge in [-0.25, -0.2) is 0 Å². The number of hydrogen-bond donors (Lipinski definition) is 1. The van der Waals surface area contributed by atoms with E-state index >= 15 is 0 Å². The number of hydrogen-bond acceptors (Lipinski definition) is 3. The maximum atomic E-state index is 5.93. The van der Waals surface area contributed by atoms with E-state index in [0.29, 0.717) is 12.6 Å². The number of fused-ring (bicyclic) bond motifs is 1. The van der Waals surface area contributed by atoms with Crippen LogP contribution in [0.4, 0.5) is 0 Å². The van der Waals surface area contributed by atoms with Crippen LogP contribution >= 0.6 is 0 Å². The molecule has 1 fully saturated rings. The Labute approximate surface area is 108 Å². The monoisotopic (exact) mass is 247 g/mol. The second-order valence-electron chi connectivity index (χ2n) is 5.52. The van der Waals surface area contributed by atoms with Crippen molar-refractivity contribution in [3.8, 4) is 11.5 Å². The fraction of sp³-hybridized carbons (Fsp3) is 0.600. The van der Waals surface area contributed by atoms with E-state index in [2.05, 4.69) is 12.2 Å². The molecule has 0 bridgehead atoms. The lowest BCUT2D eigenvalue weighted by Gasteiger charge is -2.27. The third kappa shape index (κ3) is 2.61. The van der Waals surface area contributed by atoms with Gasteiger partial charge < -0.3 is 14.8 Å². The predicted octanol–water partition coefficient (Wildman–Crippen LogP) is 2.60. The Morgan fingerprint density at radius 2 is 2.06 bits per heavy atom. The van der Waals surface area contributed by atoms with E-state index < -0.39 is 0 Å². The number of nitrogens with one attached hydrogen (secondary N) is 1. The first-order valence-corrected chi connectivity index (χ1v) is 6.93. The second kappa shape index (κ2) is 5.19. The van der Waals surface area contributed by atoms with Gasteiger partial charge in [-0.15, -0.1) is 0 Å². The van der Waals surface area contributed by atoms with Gasteiger partial charge in [0.2, 0.25) is 0 Å². The maximum Gasteiger partial charge on any atom is 0.161 e. The Morgan fingerprint density at radius 3 is 2.83 bits per heavy atom. The van der Waals surface area contributed by atoms with Crippen molar-refractivity contribution < 1.29 is 9.47 Å². The Balaban J connectivity index is 1.51. The molecule has 3 rings (SSSR count). The molecule has 1 saturated carbocycles. The first kappa shape index (κ1) is 11.8.